The summed E-state index contributed by atoms with van der Waals surface area (Å²) < 4.78 is 0. The van der Waals surface area contributed by atoms with E-state index < -0.39 is 112 Å². The Hall–Kier alpha value is -5.22. The van der Waals surface area contributed by atoms with Gasteiger partial charge in [0, 0.05) is 44.4 Å². The van der Waals surface area contributed by atoms with Crippen molar-refractivity contribution in [2.45, 2.75) is 253 Å². The summed E-state index contributed by atoms with van der Waals surface area (Å²) in [5.41, 5.74) is -4.64. The number of nitrogens with one attached hydrogen (secondary N) is 8. The van der Waals surface area contributed by atoms with E-state index in [1.165, 1.54) is 48.5 Å². The van der Waals surface area contributed by atoms with Crippen molar-refractivity contribution >= 4 is 58.9 Å². The normalized spacial score (nSPS) is 17.7. The number of carbonyl (C=O) groups excluding carboxylic acids is 10. The lowest BCUT2D eigenvalue weighted by atomic mass is 9.92. The number of hydrogen-bond donors (Lipinski definition) is 10. The third kappa shape index (κ3) is 24.1. The minimum Gasteiger partial charge on any atom is -0.395 e. The minimum absolute atomic E-state index is 0.0297. The number of aliphatic hydroxyl groups is 2. The molecule has 22 heteroatoms. The molecule has 0 bridgehead atoms. The molecular weight excluding hydrogens is 1030 g/mol. The van der Waals surface area contributed by atoms with Gasteiger partial charge < -0.3 is 62.5 Å². The van der Waals surface area contributed by atoms with E-state index in [-0.39, 0.29) is 61.9 Å². The Morgan fingerprint density at radius 3 is 1.75 bits per heavy atom. The molecule has 0 aromatic rings. The first-order valence-corrected chi connectivity index (χ1v) is 29.4. The number of rotatable bonds is 37. The van der Waals surface area contributed by atoms with Gasteiger partial charge in [-0.25, -0.2) is 0 Å². The van der Waals surface area contributed by atoms with Gasteiger partial charge in [0.25, 0.3) is 0 Å². The maximum atomic E-state index is 14.2. The average Bonchev–Trinajstić information content (AvgIpc) is 3.87. The molecule has 0 saturated carbocycles. The molecule has 0 aromatic carbocycles. The van der Waals surface area contributed by atoms with Crippen molar-refractivity contribution in [3.63, 3.8) is 0 Å². The number of carbonyl (C=O) groups is 10. The standard InChI is InChI=1S/C58H106N10O12/c1-18-22-23-24-26-38(8)52(77)68-28-25-27-44(68)49(74)61-43(32-35(5)31-42(71)33-41(70)21-4)48(73)60-40(10)47(72)64-56(11,12)54(79)63-45(36(6)19-2)50(75)62-46(37(7)20-3)51(76)65-58(15,16)55(80)66-57(13,14)53(78)59-39(9)34-67(17)29-30-69/h35-40,42-46,69,71H,18-34H2,1-17H3,(H,59,78)(H,60,73)(H,61,74)(H,62,75)(H,63,79)(H,64,72)(H,65,76)(H,66,80)/t35-,36-,37-,38-,39+,40-,42-,43-,44-,45-,46-/m0/s1. The first-order chi connectivity index (χ1) is 37.1. The molecule has 0 spiro atoms. The summed E-state index contributed by atoms with van der Waals surface area (Å²) >= 11 is 0. The zero-order chi connectivity index (χ0) is 61.5. The van der Waals surface area contributed by atoms with Crippen LogP contribution in [0.5, 0.6) is 0 Å². The topological polar surface area (TPSA) is 314 Å². The maximum absolute atomic E-state index is 14.2. The molecule has 11 atom stereocenters. The fourth-order valence-electron chi connectivity index (χ4n) is 9.48. The molecule has 9 amide bonds. The lowest BCUT2D eigenvalue weighted by Gasteiger charge is -2.35. The Morgan fingerprint density at radius 1 is 0.637 bits per heavy atom. The van der Waals surface area contributed by atoms with Gasteiger partial charge in [0.1, 0.15) is 52.6 Å². The Bertz CT molecular complexity index is 2070. The van der Waals surface area contributed by atoms with E-state index in [9.17, 15) is 58.2 Å². The van der Waals surface area contributed by atoms with Crippen LogP contribution in [0.4, 0.5) is 0 Å². The zero-order valence-corrected chi connectivity index (χ0v) is 51.7. The fraction of sp³-hybridized carbons (Fsp3) is 0.828. The van der Waals surface area contributed by atoms with Gasteiger partial charge in [-0.15, -0.1) is 0 Å². The van der Waals surface area contributed by atoms with Crippen LogP contribution in [0.1, 0.15) is 194 Å². The summed E-state index contributed by atoms with van der Waals surface area (Å²) in [5.74, 6) is -7.10. The number of nitrogens with zero attached hydrogens (tertiary/aromatic N) is 2. The second kappa shape index (κ2) is 34.3. The van der Waals surface area contributed by atoms with Crippen molar-refractivity contribution in [2.75, 3.05) is 33.3 Å². The van der Waals surface area contributed by atoms with E-state index in [1.54, 1.807) is 46.6 Å². The molecule has 80 heavy (non-hydrogen) atoms. The van der Waals surface area contributed by atoms with Crippen LogP contribution in [0, 0.1) is 23.7 Å². The van der Waals surface area contributed by atoms with Crippen molar-refractivity contribution in [2.24, 2.45) is 23.7 Å². The monoisotopic (exact) mass is 1130 g/mol. The molecular formula is C58H106N10O12. The molecule has 1 aliphatic heterocycles. The average molecular weight is 1140 g/mol. The number of unbranched alkanes of at least 4 members (excludes halogenated alkanes) is 3. The third-order valence-electron chi connectivity index (χ3n) is 15.3. The van der Waals surface area contributed by atoms with E-state index >= 15 is 0 Å². The molecule has 460 valence electrons. The van der Waals surface area contributed by atoms with Crippen LogP contribution in [0.2, 0.25) is 0 Å². The lowest BCUT2D eigenvalue weighted by molar-refractivity contribution is -0.142. The second-order valence-electron chi connectivity index (χ2n) is 24.4. The predicted molar refractivity (Wildman–Crippen MR) is 308 cm³/mol. The first-order valence-electron chi connectivity index (χ1n) is 29.4. The predicted octanol–water partition coefficient (Wildman–Crippen LogP) is 2.89. The quantitative estimate of drug-likeness (QED) is 0.0401. The van der Waals surface area contributed by atoms with Crippen molar-refractivity contribution in [1.29, 1.82) is 0 Å². The van der Waals surface area contributed by atoms with E-state index in [2.05, 4.69) is 49.5 Å². The van der Waals surface area contributed by atoms with E-state index in [0.717, 1.165) is 25.7 Å². The van der Waals surface area contributed by atoms with Gasteiger partial charge in [-0.3, -0.25) is 47.9 Å². The summed E-state index contributed by atoms with van der Waals surface area (Å²) in [4.78, 5) is 141. The first kappa shape index (κ1) is 72.8. The van der Waals surface area contributed by atoms with Crippen molar-refractivity contribution in [3.05, 3.63) is 0 Å². The van der Waals surface area contributed by atoms with E-state index in [0.29, 0.717) is 51.7 Å². The highest BCUT2D eigenvalue weighted by atomic mass is 16.3. The van der Waals surface area contributed by atoms with E-state index in [4.69, 9.17) is 0 Å². The summed E-state index contributed by atoms with van der Waals surface area (Å²) in [6.45, 7) is 27.9. The summed E-state index contributed by atoms with van der Waals surface area (Å²) in [6.07, 6.45) is 6.01. The molecule has 1 rings (SSSR count). The number of likely N-dealkylation sites (N-methyl/N-ethyl adjacent to an activating group) is 1. The molecule has 10 N–H and O–H groups in total. The van der Waals surface area contributed by atoms with Gasteiger partial charge in [0.2, 0.25) is 53.2 Å². The highest BCUT2D eigenvalue weighted by molar-refractivity contribution is 6.00. The van der Waals surface area contributed by atoms with Crippen LogP contribution in [-0.4, -0.2) is 171 Å². The molecule has 1 heterocycles. The van der Waals surface area contributed by atoms with Crippen LogP contribution >= 0.6 is 0 Å². The second-order valence-corrected chi connectivity index (χ2v) is 24.4. The number of hydrogen-bond acceptors (Lipinski definition) is 13. The van der Waals surface area contributed by atoms with E-state index in [1.807, 2.05) is 25.7 Å². The number of ketones is 1. The van der Waals surface area contributed by atoms with Crippen molar-refractivity contribution in [3.8, 4) is 0 Å². The number of aliphatic hydroxyl groups excluding tert-OH is 2. The Labute approximate surface area is 478 Å². The minimum atomic E-state index is -1.67. The SMILES string of the molecule is CCCCCC[C@H](C)C(=O)N1CCC[C@H]1C(=O)N[C@@H](C[C@@H](C)C[C@H](O)CC(=O)CC)C(=O)N[C@@H](C)C(=O)NC(C)(C)C(=O)N[C@H](C(=O)N[C@H](C(=O)NC(C)(C)C(=O)NC(C)(C)C(=O)N[C@H](C)CN(C)CCO)[C@@H](C)CC)[C@@H](C)CC. The molecule has 0 aromatic heterocycles. The molecule has 1 saturated heterocycles. The van der Waals surface area contributed by atoms with Crippen molar-refractivity contribution < 1.29 is 58.2 Å². The largest absolute Gasteiger partial charge is 0.395 e. The molecule has 1 fully saturated rings. The molecule has 1 aliphatic rings. The number of likely N-dealkylation sites (tertiary alicyclic amines) is 1. The Kier molecular flexibility index (Phi) is 31.2. The van der Waals surface area contributed by atoms with Gasteiger partial charge in [0.15, 0.2) is 0 Å². The lowest BCUT2D eigenvalue weighted by Crippen LogP contribution is -2.66. The summed E-state index contributed by atoms with van der Waals surface area (Å²) in [6, 6.07) is -5.96. The smallest absolute Gasteiger partial charge is 0.246 e. The summed E-state index contributed by atoms with van der Waals surface area (Å²) in [5, 5.41) is 42.0. The third-order valence-corrected chi connectivity index (χ3v) is 15.3. The number of Topliss-reactive ketones (excluding diaryl/α,β-unsaturated/α-hetero) is 1. The fourth-order valence-corrected chi connectivity index (χ4v) is 9.48. The maximum Gasteiger partial charge on any atom is 0.246 e. The highest BCUT2D eigenvalue weighted by Crippen LogP contribution is 2.24. The van der Waals surface area contributed by atoms with Gasteiger partial charge in [-0.05, 0) is 112 Å². The Balaban J connectivity index is 3.27. The van der Waals surface area contributed by atoms with Gasteiger partial charge in [0.05, 0.1) is 12.7 Å². The van der Waals surface area contributed by atoms with Crippen molar-refractivity contribution in [1.82, 2.24) is 52.3 Å². The number of amides is 9. The highest BCUT2D eigenvalue weighted by Gasteiger charge is 2.42. The van der Waals surface area contributed by atoms with Gasteiger partial charge in [-0.2, -0.15) is 0 Å². The molecule has 0 aliphatic carbocycles. The van der Waals surface area contributed by atoms with Crippen LogP contribution < -0.4 is 42.5 Å². The zero-order valence-electron chi connectivity index (χ0n) is 51.7. The molecule has 22 nitrogen and oxygen atoms in total. The summed E-state index contributed by atoms with van der Waals surface area (Å²) in [7, 11) is 1.80. The molecule has 0 unspecified atom stereocenters. The van der Waals surface area contributed by atoms with Gasteiger partial charge in [-0.1, -0.05) is 93.9 Å². The van der Waals surface area contributed by atoms with Crippen LogP contribution in [-0.2, 0) is 47.9 Å². The van der Waals surface area contributed by atoms with Crippen LogP contribution in [0.3, 0.4) is 0 Å². The Morgan fingerprint density at radius 2 is 1.19 bits per heavy atom. The molecule has 0 radical (unpaired) electrons. The van der Waals surface area contributed by atoms with Crippen LogP contribution in [0.25, 0.3) is 0 Å². The van der Waals surface area contributed by atoms with Gasteiger partial charge >= 0.3 is 0 Å². The van der Waals surface area contributed by atoms with Crippen LogP contribution in [0.15, 0.2) is 0 Å².